The number of fused-ring (bicyclic) bond motifs is 3. The highest BCUT2D eigenvalue weighted by Crippen LogP contribution is 2.36. The van der Waals surface area contributed by atoms with Gasteiger partial charge < -0.3 is 4.90 Å². The first kappa shape index (κ1) is 13.2. The summed E-state index contributed by atoms with van der Waals surface area (Å²) in [6.07, 6.45) is 1.15. The molecule has 0 spiro atoms. The van der Waals surface area contributed by atoms with Crippen molar-refractivity contribution in [2.45, 2.75) is 12.5 Å². The lowest BCUT2D eigenvalue weighted by Crippen LogP contribution is -2.49. The third-order valence-electron chi connectivity index (χ3n) is 3.84. The normalized spacial score (nSPS) is 24.7. The van der Waals surface area contributed by atoms with Gasteiger partial charge in [0.1, 0.15) is 0 Å². The van der Waals surface area contributed by atoms with E-state index in [1.165, 1.54) is 30.8 Å². The van der Waals surface area contributed by atoms with Crippen LogP contribution in [0.5, 0.6) is 0 Å². The van der Waals surface area contributed by atoms with Crippen LogP contribution in [0, 0.1) is 0 Å². The summed E-state index contributed by atoms with van der Waals surface area (Å²) >= 11 is 6.36. The predicted molar refractivity (Wildman–Crippen MR) is 74.2 cm³/mol. The second kappa shape index (κ2) is 5.15. The fourth-order valence-electron chi connectivity index (χ4n) is 2.94. The minimum atomic E-state index is 0. The Balaban J connectivity index is 0.00000108. The zero-order valence-electron chi connectivity index (χ0n) is 10.0. The Morgan fingerprint density at radius 1 is 1.24 bits per heavy atom. The van der Waals surface area contributed by atoms with Gasteiger partial charge in [0.05, 0.1) is 0 Å². The smallest absolute Gasteiger partial charge is 0.0493 e. The quantitative estimate of drug-likeness (QED) is 0.717. The molecule has 0 aliphatic carbocycles. The standard InChI is InChI=1S/C13H17ClN2.ClH/c1-15-7-8-16-6-5-10-3-2-4-11(14)13(10)12(16)9-15;/h2-4,12H,5-9H2,1H3;1H. The van der Waals surface area contributed by atoms with E-state index in [2.05, 4.69) is 29.0 Å². The maximum Gasteiger partial charge on any atom is 0.0493 e. The van der Waals surface area contributed by atoms with Crippen LogP contribution in [0.25, 0.3) is 0 Å². The topological polar surface area (TPSA) is 6.48 Å². The molecule has 2 aliphatic rings. The fraction of sp³-hybridized carbons (Fsp3) is 0.538. The molecule has 17 heavy (non-hydrogen) atoms. The van der Waals surface area contributed by atoms with Gasteiger partial charge in [0.15, 0.2) is 0 Å². The molecule has 4 heteroatoms. The molecule has 1 aromatic rings. The Labute approximate surface area is 114 Å². The van der Waals surface area contributed by atoms with Gasteiger partial charge >= 0.3 is 0 Å². The van der Waals surface area contributed by atoms with Crippen molar-refractivity contribution in [2.75, 3.05) is 33.2 Å². The van der Waals surface area contributed by atoms with E-state index in [1.807, 2.05) is 6.07 Å². The number of piperazine rings is 1. The van der Waals surface area contributed by atoms with Crippen LogP contribution in [0.15, 0.2) is 18.2 Å². The summed E-state index contributed by atoms with van der Waals surface area (Å²) < 4.78 is 0. The van der Waals surface area contributed by atoms with E-state index in [1.54, 1.807) is 0 Å². The monoisotopic (exact) mass is 272 g/mol. The van der Waals surface area contributed by atoms with Gasteiger partial charge in [-0.2, -0.15) is 0 Å². The first-order valence-corrected chi connectivity index (χ1v) is 6.33. The van der Waals surface area contributed by atoms with Gasteiger partial charge in [-0.1, -0.05) is 23.7 Å². The molecule has 1 fully saturated rings. The van der Waals surface area contributed by atoms with Gasteiger partial charge in [0.25, 0.3) is 0 Å². The minimum absolute atomic E-state index is 0. The van der Waals surface area contributed by atoms with E-state index in [0.717, 1.165) is 18.0 Å². The van der Waals surface area contributed by atoms with Crippen molar-refractivity contribution in [3.05, 3.63) is 34.3 Å². The van der Waals surface area contributed by atoms with Gasteiger partial charge in [-0.15, -0.1) is 12.4 Å². The number of rotatable bonds is 0. The summed E-state index contributed by atoms with van der Waals surface area (Å²) in [7, 11) is 2.20. The van der Waals surface area contributed by atoms with E-state index in [-0.39, 0.29) is 12.4 Å². The van der Waals surface area contributed by atoms with E-state index < -0.39 is 0 Å². The fourth-order valence-corrected chi connectivity index (χ4v) is 3.26. The summed E-state index contributed by atoms with van der Waals surface area (Å²) in [6, 6.07) is 6.84. The number of nitrogens with zero attached hydrogens (tertiary/aromatic N) is 2. The van der Waals surface area contributed by atoms with Crippen molar-refractivity contribution in [3.63, 3.8) is 0 Å². The predicted octanol–water partition coefficient (Wildman–Crippen LogP) is 2.61. The summed E-state index contributed by atoms with van der Waals surface area (Å²) in [5.74, 6) is 0. The summed E-state index contributed by atoms with van der Waals surface area (Å²) in [6.45, 7) is 4.64. The Kier molecular flexibility index (Phi) is 3.99. The second-order valence-corrected chi connectivity index (χ2v) is 5.28. The minimum Gasteiger partial charge on any atom is -0.303 e. The first-order chi connectivity index (χ1) is 7.75. The average molecular weight is 273 g/mol. The molecule has 0 radical (unpaired) electrons. The Morgan fingerprint density at radius 2 is 2.06 bits per heavy atom. The molecule has 0 bridgehead atoms. The van der Waals surface area contributed by atoms with Crippen molar-refractivity contribution in [1.82, 2.24) is 9.80 Å². The van der Waals surface area contributed by atoms with E-state index in [0.29, 0.717) is 6.04 Å². The van der Waals surface area contributed by atoms with Gasteiger partial charge in [-0.05, 0) is 30.7 Å². The average Bonchev–Trinajstić information content (AvgIpc) is 2.28. The first-order valence-electron chi connectivity index (χ1n) is 5.95. The van der Waals surface area contributed by atoms with Crippen LogP contribution in [-0.2, 0) is 6.42 Å². The van der Waals surface area contributed by atoms with Crippen LogP contribution in [0.1, 0.15) is 17.2 Å². The van der Waals surface area contributed by atoms with Crippen molar-refractivity contribution < 1.29 is 0 Å². The van der Waals surface area contributed by atoms with E-state index in [4.69, 9.17) is 11.6 Å². The number of likely N-dealkylation sites (N-methyl/N-ethyl adjacent to an activating group) is 1. The van der Waals surface area contributed by atoms with Crippen LogP contribution in [0.2, 0.25) is 5.02 Å². The highest BCUT2D eigenvalue weighted by atomic mass is 35.5. The lowest BCUT2D eigenvalue weighted by molar-refractivity contribution is 0.0826. The van der Waals surface area contributed by atoms with Crippen LogP contribution >= 0.6 is 24.0 Å². The van der Waals surface area contributed by atoms with Gasteiger partial charge in [0.2, 0.25) is 0 Å². The highest BCUT2D eigenvalue weighted by Gasteiger charge is 2.32. The van der Waals surface area contributed by atoms with Crippen LogP contribution in [0.3, 0.4) is 0 Å². The van der Waals surface area contributed by atoms with Gasteiger partial charge in [0, 0.05) is 37.2 Å². The Bertz CT molecular complexity index is 408. The molecule has 1 saturated heterocycles. The Morgan fingerprint density at radius 3 is 2.88 bits per heavy atom. The molecule has 2 nitrogen and oxygen atoms in total. The van der Waals surface area contributed by atoms with Gasteiger partial charge in [-0.25, -0.2) is 0 Å². The molecule has 0 aromatic heterocycles. The molecular formula is C13H18Cl2N2. The van der Waals surface area contributed by atoms with Crippen LogP contribution in [0.4, 0.5) is 0 Å². The van der Waals surface area contributed by atoms with Gasteiger partial charge in [-0.3, -0.25) is 4.90 Å². The summed E-state index contributed by atoms with van der Waals surface area (Å²) in [4.78, 5) is 4.98. The van der Waals surface area contributed by atoms with Crippen molar-refractivity contribution >= 4 is 24.0 Å². The molecule has 3 rings (SSSR count). The highest BCUT2D eigenvalue weighted by molar-refractivity contribution is 6.31. The molecule has 0 N–H and O–H groups in total. The lowest BCUT2D eigenvalue weighted by atomic mass is 9.91. The molecule has 94 valence electrons. The molecule has 1 unspecified atom stereocenters. The molecule has 0 amide bonds. The molecule has 1 atom stereocenters. The molecule has 0 saturated carbocycles. The summed E-state index contributed by atoms with van der Waals surface area (Å²) in [5, 5.41) is 0.947. The second-order valence-electron chi connectivity index (χ2n) is 4.88. The largest absolute Gasteiger partial charge is 0.303 e. The maximum atomic E-state index is 6.36. The number of halogens is 2. The third kappa shape index (κ3) is 2.32. The van der Waals surface area contributed by atoms with E-state index in [9.17, 15) is 0 Å². The molecular weight excluding hydrogens is 255 g/mol. The van der Waals surface area contributed by atoms with Crippen molar-refractivity contribution in [2.24, 2.45) is 0 Å². The number of hydrogen-bond acceptors (Lipinski definition) is 2. The van der Waals surface area contributed by atoms with E-state index >= 15 is 0 Å². The molecule has 1 aromatic carbocycles. The van der Waals surface area contributed by atoms with Crippen LogP contribution in [-0.4, -0.2) is 43.0 Å². The SMILES string of the molecule is CN1CCN2CCc3cccc(Cl)c3C2C1.Cl. The number of benzene rings is 1. The maximum absolute atomic E-state index is 6.36. The zero-order valence-corrected chi connectivity index (χ0v) is 11.6. The van der Waals surface area contributed by atoms with Crippen molar-refractivity contribution in [3.8, 4) is 0 Å². The number of hydrogen-bond donors (Lipinski definition) is 0. The van der Waals surface area contributed by atoms with Crippen molar-refractivity contribution in [1.29, 1.82) is 0 Å². The zero-order chi connectivity index (χ0) is 11.1. The van der Waals surface area contributed by atoms with Crippen LogP contribution < -0.4 is 0 Å². The lowest BCUT2D eigenvalue weighted by Gasteiger charge is -2.44. The summed E-state index contributed by atoms with van der Waals surface area (Å²) in [5.41, 5.74) is 2.83. The Hall–Kier alpha value is -0.280. The molecule has 2 heterocycles. The third-order valence-corrected chi connectivity index (χ3v) is 4.17. The molecule has 2 aliphatic heterocycles.